The van der Waals surface area contributed by atoms with Crippen LogP contribution >= 0.6 is 15.9 Å². The van der Waals surface area contributed by atoms with Gasteiger partial charge in [-0.2, -0.15) is 0 Å². The third kappa shape index (κ3) is 3.74. The molecular formula is C16H17BrFN3O. The van der Waals surface area contributed by atoms with Gasteiger partial charge in [0.05, 0.1) is 6.61 Å². The zero-order valence-electron chi connectivity index (χ0n) is 12.1. The van der Waals surface area contributed by atoms with E-state index in [1.165, 1.54) is 6.07 Å². The van der Waals surface area contributed by atoms with E-state index in [2.05, 4.69) is 25.9 Å². The van der Waals surface area contributed by atoms with Crippen LogP contribution in [-0.2, 0) is 0 Å². The van der Waals surface area contributed by atoms with Gasteiger partial charge >= 0.3 is 0 Å². The number of ether oxygens (including phenoxy) is 1. The molecule has 0 unspecified atom stereocenters. The first kappa shape index (κ1) is 15.2. The van der Waals surface area contributed by atoms with Crippen molar-refractivity contribution in [2.45, 2.75) is 12.8 Å². The number of aromatic nitrogens is 2. The van der Waals surface area contributed by atoms with Crippen molar-refractivity contribution < 1.29 is 9.13 Å². The van der Waals surface area contributed by atoms with Crippen LogP contribution < -0.4 is 9.64 Å². The highest BCUT2D eigenvalue weighted by Crippen LogP contribution is 2.26. The number of halogens is 2. The third-order valence-corrected chi connectivity index (χ3v) is 4.27. The van der Waals surface area contributed by atoms with Crippen molar-refractivity contribution in [2.24, 2.45) is 5.92 Å². The summed E-state index contributed by atoms with van der Waals surface area (Å²) in [7, 11) is 0. The summed E-state index contributed by atoms with van der Waals surface area (Å²) >= 11 is 3.23. The molecule has 0 aromatic carbocycles. The van der Waals surface area contributed by atoms with Crippen LogP contribution in [0.1, 0.15) is 12.8 Å². The molecule has 1 aliphatic heterocycles. The number of pyridine rings is 2. The number of hydrogen-bond donors (Lipinski definition) is 0. The van der Waals surface area contributed by atoms with E-state index in [1.54, 1.807) is 18.6 Å². The van der Waals surface area contributed by atoms with Gasteiger partial charge in [-0.05, 0) is 52.9 Å². The van der Waals surface area contributed by atoms with E-state index in [1.807, 2.05) is 17.0 Å². The molecule has 0 atom stereocenters. The van der Waals surface area contributed by atoms with E-state index >= 15 is 0 Å². The van der Waals surface area contributed by atoms with Crippen molar-refractivity contribution in [3.05, 3.63) is 47.1 Å². The molecule has 0 bridgehead atoms. The Kier molecular flexibility index (Phi) is 4.87. The minimum Gasteiger partial charge on any atom is -0.493 e. The van der Waals surface area contributed by atoms with E-state index in [-0.39, 0.29) is 5.82 Å². The first-order chi connectivity index (χ1) is 10.7. The lowest BCUT2D eigenvalue weighted by Gasteiger charge is -2.32. The van der Waals surface area contributed by atoms with Gasteiger partial charge in [-0.25, -0.2) is 9.37 Å². The van der Waals surface area contributed by atoms with Crippen LogP contribution in [0.5, 0.6) is 5.75 Å². The van der Waals surface area contributed by atoms with E-state index in [0.29, 0.717) is 22.8 Å². The lowest BCUT2D eigenvalue weighted by molar-refractivity contribution is 0.222. The van der Waals surface area contributed by atoms with E-state index < -0.39 is 0 Å². The molecule has 0 saturated carbocycles. The average molecular weight is 366 g/mol. The molecule has 22 heavy (non-hydrogen) atoms. The van der Waals surface area contributed by atoms with Crippen LogP contribution in [0.25, 0.3) is 0 Å². The second kappa shape index (κ2) is 7.05. The molecule has 4 nitrogen and oxygen atoms in total. The summed E-state index contributed by atoms with van der Waals surface area (Å²) in [5.74, 6) is 1.50. The van der Waals surface area contributed by atoms with Gasteiger partial charge in [0.2, 0.25) is 0 Å². The molecule has 0 aliphatic carbocycles. The predicted molar refractivity (Wildman–Crippen MR) is 86.6 cm³/mol. The van der Waals surface area contributed by atoms with Crippen molar-refractivity contribution in [3.8, 4) is 5.75 Å². The van der Waals surface area contributed by atoms with Gasteiger partial charge < -0.3 is 9.64 Å². The molecule has 0 radical (unpaired) electrons. The Bertz CT molecular complexity index is 618. The van der Waals surface area contributed by atoms with Crippen LogP contribution in [0.15, 0.2) is 41.3 Å². The fraction of sp³-hybridized carbons (Fsp3) is 0.375. The maximum absolute atomic E-state index is 13.9. The van der Waals surface area contributed by atoms with Crippen molar-refractivity contribution in [1.29, 1.82) is 0 Å². The second-order valence-corrected chi connectivity index (χ2v) is 6.30. The van der Waals surface area contributed by atoms with Gasteiger partial charge in [0.15, 0.2) is 11.6 Å². The Hall–Kier alpha value is -1.69. The minimum atomic E-state index is -0.277. The highest BCUT2D eigenvalue weighted by atomic mass is 79.9. The zero-order valence-corrected chi connectivity index (χ0v) is 13.7. The lowest BCUT2D eigenvalue weighted by Crippen LogP contribution is -2.36. The fourth-order valence-electron chi connectivity index (χ4n) is 2.60. The molecule has 6 heteroatoms. The summed E-state index contributed by atoms with van der Waals surface area (Å²) in [5.41, 5.74) is 0. The van der Waals surface area contributed by atoms with Crippen LogP contribution in [0.3, 0.4) is 0 Å². The van der Waals surface area contributed by atoms with Crippen molar-refractivity contribution in [2.75, 3.05) is 24.6 Å². The Morgan fingerprint density at radius 3 is 2.68 bits per heavy atom. The van der Waals surface area contributed by atoms with Crippen molar-refractivity contribution in [1.82, 2.24) is 9.97 Å². The molecule has 0 N–H and O–H groups in total. The van der Waals surface area contributed by atoms with Gasteiger partial charge in [-0.3, -0.25) is 4.98 Å². The van der Waals surface area contributed by atoms with Crippen LogP contribution in [0, 0.1) is 11.7 Å². The first-order valence-corrected chi connectivity index (χ1v) is 8.10. The SMILES string of the molecule is Fc1cc(Br)cnc1N1CCC(COc2ccncc2)CC1. The molecule has 2 aromatic rings. The molecule has 1 fully saturated rings. The predicted octanol–water partition coefficient (Wildman–Crippen LogP) is 3.67. The van der Waals surface area contributed by atoms with Gasteiger partial charge in [-0.1, -0.05) is 0 Å². The van der Waals surface area contributed by atoms with E-state index in [4.69, 9.17) is 4.74 Å². The normalized spacial score (nSPS) is 15.8. The van der Waals surface area contributed by atoms with Crippen molar-refractivity contribution >= 4 is 21.7 Å². The van der Waals surface area contributed by atoms with Crippen LogP contribution in [-0.4, -0.2) is 29.7 Å². The van der Waals surface area contributed by atoms with Crippen molar-refractivity contribution in [3.63, 3.8) is 0 Å². The molecule has 3 heterocycles. The standard InChI is InChI=1S/C16H17BrFN3O/c17-13-9-15(18)16(20-10-13)21-7-3-12(4-8-21)11-22-14-1-5-19-6-2-14/h1-2,5-6,9-10,12H,3-4,7-8,11H2. The third-order valence-electron chi connectivity index (χ3n) is 3.84. The Balaban J connectivity index is 1.52. The monoisotopic (exact) mass is 365 g/mol. The number of rotatable bonds is 4. The molecule has 116 valence electrons. The maximum atomic E-state index is 13.9. The van der Waals surface area contributed by atoms with Gasteiger partial charge in [0, 0.05) is 36.2 Å². The number of nitrogens with zero attached hydrogens (tertiary/aromatic N) is 3. The number of piperidine rings is 1. The molecule has 1 aliphatic rings. The quantitative estimate of drug-likeness (QED) is 0.828. The molecule has 1 saturated heterocycles. The second-order valence-electron chi connectivity index (χ2n) is 5.38. The van der Waals surface area contributed by atoms with Crippen LogP contribution in [0.2, 0.25) is 0 Å². The summed E-state index contributed by atoms with van der Waals surface area (Å²) in [5, 5.41) is 0. The highest BCUT2D eigenvalue weighted by molar-refractivity contribution is 9.10. The molecule has 0 amide bonds. The van der Waals surface area contributed by atoms with Crippen LogP contribution in [0.4, 0.5) is 10.2 Å². The number of anilines is 1. The fourth-order valence-corrected chi connectivity index (χ4v) is 2.90. The lowest BCUT2D eigenvalue weighted by atomic mass is 9.98. The summed E-state index contributed by atoms with van der Waals surface area (Å²) in [6, 6.07) is 5.17. The molecule has 3 rings (SSSR count). The molecule has 2 aromatic heterocycles. The molecule has 0 spiro atoms. The smallest absolute Gasteiger partial charge is 0.166 e. The maximum Gasteiger partial charge on any atom is 0.166 e. The highest BCUT2D eigenvalue weighted by Gasteiger charge is 2.22. The van der Waals surface area contributed by atoms with Gasteiger partial charge in [0.25, 0.3) is 0 Å². The summed E-state index contributed by atoms with van der Waals surface area (Å²) < 4.78 is 20.4. The Morgan fingerprint density at radius 1 is 1.27 bits per heavy atom. The van der Waals surface area contributed by atoms with Gasteiger partial charge in [0.1, 0.15) is 5.75 Å². The van der Waals surface area contributed by atoms with Gasteiger partial charge in [-0.15, -0.1) is 0 Å². The topological polar surface area (TPSA) is 38.2 Å². The number of hydrogen-bond acceptors (Lipinski definition) is 4. The summed E-state index contributed by atoms with van der Waals surface area (Å²) in [6.07, 6.45) is 7.03. The van der Waals surface area contributed by atoms with E-state index in [9.17, 15) is 4.39 Å². The largest absolute Gasteiger partial charge is 0.493 e. The first-order valence-electron chi connectivity index (χ1n) is 7.31. The Morgan fingerprint density at radius 2 is 2.00 bits per heavy atom. The summed E-state index contributed by atoms with van der Waals surface area (Å²) in [6.45, 7) is 2.29. The zero-order chi connectivity index (χ0) is 15.4. The Labute approximate surface area is 137 Å². The molecular weight excluding hydrogens is 349 g/mol. The summed E-state index contributed by atoms with van der Waals surface area (Å²) in [4.78, 5) is 10.2. The average Bonchev–Trinajstić information content (AvgIpc) is 2.55. The van der Waals surface area contributed by atoms with E-state index in [0.717, 1.165) is 31.7 Å². The minimum absolute atomic E-state index is 0.277.